The molecule has 0 aliphatic rings. The first kappa shape index (κ1) is 10.1. The number of carboxylic acid groups (broad SMARTS) is 1. The molecule has 1 rings (SSSR count). The van der Waals surface area contributed by atoms with Crippen molar-refractivity contribution >= 4 is 17.6 Å². The fourth-order valence-electron chi connectivity index (χ4n) is 1.08. The van der Waals surface area contributed by atoms with Crippen LogP contribution in [0.25, 0.3) is 0 Å². The van der Waals surface area contributed by atoms with Crippen molar-refractivity contribution in [2.45, 2.75) is 18.7 Å². The predicted molar refractivity (Wildman–Crippen MR) is 52.0 cm³/mol. The Bertz CT molecular complexity index is 290. The quantitative estimate of drug-likeness (QED) is 0.759. The Morgan fingerprint density at radius 2 is 2.00 bits per heavy atom. The summed E-state index contributed by atoms with van der Waals surface area (Å²) in [6, 6.07) is 7.30. The molecule has 0 aromatic heterocycles. The Labute approximate surface area is 82.2 Å². The van der Waals surface area contributed by atoms with Gasteiger partial charge in [-0.25, -0.2) is 0 Å². The maximum atomic E-state index is 10.4. The summed E-state index contributed by atoms with van der Waals surface area (Å²) in [4.78, 5) is 10.4. The molecule has 1 N–H and O–H groups in total. The van der Waals surface area contributed by atoms with Crippen molar-refractivity contribution in [3.8, 4) is 0 Å². The summed E-state index contributed by atoms with van der Waals surface area (Å²) in [7, 11) is 0. The maximum Gasteiger partial charge on any atom is 0.307 e. The molecule has 0 aliphatic carbocycles. The van der Waals surface area contributed by atoms with E-state index in [9.17, 15) is 4.79 Å². The Balaban J connectivity index is 2.75. The molecule has 70 valence electrons. The SMILES string of the molecule is CC(Cl)c1ccc(CC(=O)O)cc1. The van der Waals surface area contributed by atoms with E-state index in [2.05, 4.69) is 0 Å². The van der Waals surface area contributed by atoms with Crippen LogP contribution < -0.4 is 0 Å². The van der Waals surface area contributed by atoms with Crippen molar-refractivity contribution in [3.05, 3.63) is 35.4 Å². The smallest absolute Gasteiger partial charge is 0.307 e. The van der Waals surface area contributed by atoms with Crippen LogP contribution in [0, 0.1) is 0 Å². The molecule has 0 bridgehead atoms. The molecule has 2 nitrogen and oxygen atoms in total. The van der Waals surface area contributed by atoms with Crippen molar-refractivity contribution in [3.63, 3.8) is 0 Å². The number of benzene rings is 1. The summed E-state index contributed by atoms with van der Waals surface area (Å²) in [6.45, 7) is 1.88. The number of alkyl halides is 1. The molecular formula is C10H11ClO2. The van der Waals surface area contributed by atoms with E-state index in [-0.39, 0.29) is 11.8 Å². The third kappa shape index (κ3) is 3.07. The van der Waals surface area contributed by atoms with Crippen molar-refractivity contribution in [2.75, 3.05) is 0 Å². The van der Waals surface area contributed by atoms with Gasteiger partial charge in [-0.1, -0.05) is 24.3 Å². The number of carboxylic acids is 1. The monoisotopic (exact) mass is 198 g/mol. The Kier molecular flexibility index (Phi) is 3.32. The first-order valence-electron chi connectivity index (χ1n) is 4.04. The van der Waals surface area contributed by atoms with Gasteiger partial charge in [-0.15, -0.1) is 11.6 Å². The van der Waals surface area contributed by atoms with Gasteiger partial charge in [0.05, 0.1) is 11.8 Å². The number of aliphatic carboxylic acids is 1. The Hall–Kier alpha value is -1.02. The number of halogens is 1. The second kappa shape index (κ2) is 4.28. The van der Waals surface area contributed by atoms with Crippen LogP contribution in [0.4, 0.5) is 0 Å². The van der Waals surface area contributed by atoms with Crippen molar-refractivity contribution in [1.29, 1.82) is 0 Å². The zero-order valence-corrected chi connectivity index (χ0v) is 8.08. The normalized spacial score (nSPS) is 12.5. The van der Waals surface area contributed by atoms with Crippen molar-refractivity contribution < 1.29 is 9.90 Å². The summed E-state index contributed by atoms with van der Waals surface area (Å²) in [5.41, 5.74) is 1.81. The van der Waals surface area contributed by atoms with E-state index in [1.54, 1.807) is 12.1 Å². The van der Waals surface area contributed by atoms with E-state index in [0.717, 1.165) is 11.1 Å². The molecule has 0 radical (unpaired) electrons. The van der Waals surface area contributed by atoms with Crippen LogP contribution in [0.15, 0.2) is 24.3 Å². The fourth-order valence-corrected chi connectivity index (χ4v) is 1.22. The molecule has 1 atom stereocenters. The minimum atomic E-state index is -0.813. The molecule has 1 aromatic carbocycles. The minimum absolute atomic E-state index is 0.0288. The molecule has 0 heterocycles. The number of carbonyl (C=O) groups is 1. The van der Waals surface area contributed by atoms with Gasteiger partial charge in [0.15, 0.2) is 0 Å². The fraction of sp³-hybridized carbons (Fsp3) is 0.300. The topological polar surface area (TPSA) is 37.3 Å². The van der Waals surface area contributed by atoms with Gasteiger partial charge in [0, 0.05) is 0 Å². The molecule has 1 unspecified atom stereocenters. The van der Waals surface area contributed by atoms with E-state index in [0.29, 0.717) is 0 Å². The molecule has 0 fully saturated rings. The predicted octanol–water partition coefficient (Wildman–Crippen LogP) is 2.61. The van der Waals surface area contributed by atoms with Crippen LogP contribution in [-0.2, 0) is 11.2 Å². The van der Waals surface area contributed by atoms with E-state index < -0.39 is 5.97 Å². The Morgan fingerprint density at radius 3 is 2.38 bits per heavy atom. The molecule has 1 aromatic rings. The second-order valence-electron chi connectivity index (χ2n) is 2.93. The van der Waals surface area contributed by atoms with Crippen LogP contribution in [-0.4, -0.2) is 11.1 Å². The maximum absolute atomic E-state index is 10.4. The third-order valence-electron chi connectivity index (χ3n) is 1.79. The van der Waals surface area contributed by atoms with Gasteiger partial charge in [0.25, 0.3) is 0 Å². The molecular weight excluding hydrogens is 188 g/mol. The number of hydrogen-bond acceptors (Lipinski definition) is 1. The largest absolute Gasteiger partial charge is 0.481 e. The van der Waals surface area contributed by atoms with Crippen LogP contribution in [0.2, 0.25) is 0 Å². The molecule has 0 saturated heterocycles. The number of rotatable bonds is 3. The molecule has 0 saturated carbocycles. The van der Waals surface area contributed by atoms with Gasteiger partial charge in [0.2, 0.25) is 0 Å². The van der Waals surface area contributed by atoms with Gasteiger partial charge in [-0.3, -0.25) is 4.79 Å². The second-order valence-corrected chi connectivity index (χ2v) is 3.58. The highest BCUT2D eigenvalue weighted by Crippen LogP contribution is 2.19. The summed E-state index contributed by atoms with van der Waals surface area (Å²) in [5, 5.41) is 8.49. The lowest BCUT2D eigenvalue weighted by atomic mass is 10.1. The lowest BCUT2D eigenvalue weighted by Gasteiger charge is -2.03. The van der Waals surface area contributed by atoms with Crippen LogP contribution in [0.5, 0.6) is 0 Å². The first-order chi connectivity index (χ1) is 6.09. The van der Waals surface area contributed by atoms with Crippen LogP contribution in [0.1, 0.15) is 23.4 Å². The minimum Gasteiger partial charge on any atom is -0.481 e. The highest BCUT2D eigenvalue weighted by atomic mass is 35.5. The molecule has 3 heteroatoms. The van der Waals surface area contributed by atoms with E-state index in [1.807, 2.05) is 19.1 Å². The van der Waals surface area contributed by atoms with Gasteiger partial charge in [-0.05, 0) is 18.1 Å². The van der Waals surface area contributed by atoms with Gasteiger partial charge >= 0.3 is 5.97 Å². The summed E-state index contributed by atoms with van der Waals surface area (Å²) in [6.07, 6.45) is 0.0664. The zero-order valence-electron chi connectivity index (χ0n) is 7.33. The van der Waals surface area contributed by atoms with Crippen LogP contribution in [0.3, 0.4) is 0 Å². The lowest BCUT2D eigenvalue weighted by molar-refractivity contribution is -0.136. The third-order valence-corrected chi connectivity index (χ3v) is 2.05. The highest BCUT2D eigenvalue weighted by molar-refractivity contribution is 6.20. The molecule has 13 heavy (non-hydrogen) atoms. The summed E-state index contributed by atoms with van der Waals surface area (Å²) in [5.74, 6) is -0.813. The van der Waals surface area contributed by atoms with E-state index in [1.165, 1.54) is 0 Å². The zero-order chi connectivity index (χ0) is 9.84. The standard InChI is InChI=1S/C10H11ClO2/c1-7(11)9-4-2-8(3-5-9)6-10(12)13/h2-5,7H,6H2,1H3,(H,12,13). The van der Waals surface area contributed by atoms with Crippen molar-refractivity contribution in [2.24, 2.45) is 0 Å². The summed E-state index contributed by atoms with van der Waals surface area (Å²) >= 11 is 5.84. The van der Waals surface area contributed by atoms with Gasteiger partial charge in [-0.2, -0.15) is 0 Å². The summed E-state index contributed by atoms with van der Waals surface area (Å²) < 4.78 is 0. The average molecular weight is 199 g/mol. The highest BCUT2D eigenvalue weighted by Gasteiger charge is 2.02. The molecule has 0 amide bonds. The Morgan fingerprint density at radius 1 is 1.46 bits per heavy atom. The van der Waals surface area contributed by atoms with Crippen molar-refractivity contribution in [1.82, 2.24) is 0 Å². The van der Waals surface area contributed by atoms with Gasteiger partial charge in [0.1, 0.15) is 0 Å². The average Bonchev–Trinajstić information content (AvgIpc) is 2.04. The molecule has 0 aliphatic heterocycles. The van der Waals surface area contributed by atoms with E-state index in [4.69, 9.17) is 16.7 Å². The number of hydrogen-bond donors (Lipinski definition) is 1. The van der Waals surface area contributed by atoms with E-state index >= 15 is 0 Å². The van der Waals surface area contributed by atoms with Gasteiger partial charge < -0.3 is 5.11 Å². The first-order valence-corrected chi connectivity index (χ1v) is 4.48. The van der Waals surface area contributed by atoms with Crippen LogP contribution >= 0.6 is 11.6 Å². The lowest BCUT2D eigenvalue weighted by Crippen LogP contribution is -1.99. The molecule has 0 spiro atoms.